The third kappa shape index (κ3) is 26.9. The Morgan fingerprint density at radius 1 is 2.25 bits per heavy atom. The molecule has 0 aromatic carbocycles. The lowest BCUT2D eigenvalue weighted by molar-refractivity contribution is 1.12. The van der Waals surface area contributed by atoms with E-state index in [0.29, 0.717) is 0 Å². The maximum atomic E-state index is 7.07. The summed E-state index contributed by atoms with van der Waals surface area (Å²) in [6.45, 7) is -5.61. The highest BCUT2D eigenvalue weighted by Crippen LogP contribution is 1.90. The van der Waals surface area contributed by atoms with Crippen LogP contribution in [0.4, 0.5) is 0 Å². The normalized spacial score (nSPS) is 43.8. The van der Waals surface area contributed by atoms with Gasteiger partial charge in [-0.05, 0) is 5.64 Å². The third-order valence-corrected chi connectivity index (χ3v) is 0. The van der Waals surface area contributed by atoms with E-state index in [0.717, 1.165) is 0 Å². The summed E-state index contributed by atoms with van der Waals surface area (Å²) in [5, 5.41) is 0. The summed E-state index contributed by atoms with van der Waals surface area (Å²) < 4.78 is 47.6. The minimum atomic E-state index is -2.80. The second-order valence-electron chi connectivity index (χ2n) is 0.414. The van der Waals surface area contributed by atoms with Crippen LogP contribution in [0.15, 0.2) is 0 Å². The molecule has 0 saturated heterocycles. The lowest BCUT2D eigenvalue weighted by Gasteiger charge is -1.79. The van der Waals surface area contributed by atoms with Crippen molar-refractivity contribution in [2.24, 2.45) is 0 Å². The van der Waals surface area contributed by atoms with Crippen LogP contribution in [0.3, 0.4) is 0 Å². The Balaban J connectivity index is 4.75. The van der Waals surface area contributed by atoms with E-state index in [4.69, 9.17) is 9.60 Å². The van der Waals surface area contributed by atoms with Crippen LogP contribution in [-0.2, 0) is 0 Å². The van der Waals surface area contributed by atoms with Gasteiger partial charge in [-0.2, -0.15) is 0 Å². The van der Waals surface area contributed by atoms with Gasteiger partial charge in [0, 0.05) is 9.60 Å². The Bertz CT molecular complexity index is 125. The topological polar surface area (TPSA) is 0 Å². The van der Waals surface area contributed by atoms with Crippen molar-refractivity contribution >= 4 is 9.24 Å². The standard InChI is InChI=1S/C3H9P/c1-3(2)4/h3H,4H2,1-2H3/i1D3,2D3,3D. The van der Waals surface area contributed by atoms with Gasteiger partial charge in [-0.25, -0.2) is 0 Å². The van der Waals surface area contributed by atoms with Gasteiger partial charge in [0.2, 0.25) is 0 Å². The van der Waals surface area contributed by atoms with E-state index in [9.17, 15) is 0 Å². The zero-order valence-corrected chi connectivity index (χ0v) is 3.23. The molecule has 0 N–H and O–H groups in total. The average molecular weight is 83.1 g/mol. The first-order chi connectivity index (χ1) is 4.50. The van der Waals surface area contributed by atoms with Crippen molar-refractivity contribution in [1.29, 1.82) is 0 Å². The van der Waals surface area contributed by atoms with E-state index >= 15 is 0 Å². The van der Waals surface area contributed by atoms with Crippen molar-refractivity contribution in [1.82, 2.24) is 0 Å². The summed E-state index contributed by atoms with van der Waals surface area (Å²) in [5.74, 6) is 0. The van der Waals surface area contributed by atoms with Crippen LogP contribution in [0.1, 0.15) is 23.3 Å². The molecule has 26 valence electrons. The smallest absolute Gasteiger partial charge is 0.0341 e. The lowest BCUT2D eigenvalue weighted by atomic mass is 10.6. The van der Waals surface area contributed by atoms with E-state index in [1.165, 1.54) is 0 Å². The molecule has 0 rings (SSSR count). The third-order valence-electron chi connectivity index (χ3n) is 0. The van der Waals surface area contributed by atoms with Crippen molar-refractivity contribution in [2.75, 3.05) is 0 Å². The fraction of sp³-hybridized carbons (Fsp3) is 1.00. The largest absolute Gasteiger partial charge is 0.135 e. The molecule has 0 aliphatic heterocycles. The molecular weight excluding hydrogens is 67.0 g/mol. The number of rotatable bonds is 0. The minimum Gasteiger partial charge on any atom is -0.135 e. The summed E-state index contributed by atoms with van der Waals surface area (Å²) in [6.07, 6.45) is 0. The van der Waals surface area contributed by atoms with Gasteiger partial charge >= 0.3 is 0 Å². The molecule has 4 heavy (non-hydrogen) atoms. The lowest BCUT2D eigenvalue weighted by Crippen LogP contribution is -1.69. The molecule has 0 fully saturated rings. The summed E-state index contributed by atoms with van der Waals surface area (Å²) in [5.41, 5.74) is -2.46. The SMILES string of the molecule is [2H]C([2H])([2H])C([2H])(P)C([2H])([2H])[2H]. The van der Waals surface area contributed by atoms with E-state index in [1.54, 1.807) is 9.24 Å². The maximum absolute atomic E-state index is 7.07. The van der Waals surface area contributed by atoms with Crippen molar-refractivity contribution in [3.05, 3.63) is 0 Å². The molecule has 0 radical (unpaired) electrons. The van der Waals surface area contributed by atoms with Gasteiger partial charge < -0.3 is 0 Å². The Kier molecular flexibility index (Phi) is 0.206. The van der Waals surface area contributed by atoms with Gasteiger partial charge in [-0.1, -0.05) is 13.7 Å². The second-order valence-corrected chi connectivity index (χ2v) is 0.991. The van der Waals surface area contributed by atoms with E-state index < -0.39 is 19.3 Å². The Hall–Kier alpha value is 0.430. The van der Waals surface area contributed by atoms with Crippen molar-refractivity contribution < 1.29 is 9.60 Å². The highest BCUT2D eigenvalue weighted by molar-refractivity contribution is 7.17. The highest BCUT2D eigenvalue weighted by atomic mass is 31.0. The fourth-order valence-electron chi connectivity index (χ4n) is 0. The van der Waals surface area contributed by atoms with Gasteiger partial charge in [0.15, 0.2) is 0 Å². The predicted octanol–water partition coefficient (Wildman–Crippen LogP) is 1.27. The van der Waals surface area contributed by atoms with Crippen molar-refractivity contribution in [3.8, 4) is 0 Å². The van der Waals surface area contributed by atoms with E-state index in [1.807, 2.05) is 0 Å². The summed E-state index contributed by atoms with van der Waals surface area (Å²) >= 11 is 0. The number of hydrogen-bond donors (Lipinski definition) is 0. The second kappa shape index (κ2) is 1.72. The average Bonchev–Trinajstić information content (AvgIpc) is 1.58. The molecule has 0 aromatic heterocycles. The van der Waals surface area contributed by atoms with Crippen molar-refractivity contribution in [3.63, 3.8) is 0 Å². The van der Waals surface area contributed by atoms with Gasteiger partial charge in [0.1, 0.15) is 0 Å². The van der Waals surface area contributed by atoms with E-state index in [-0.39, 0.29) is 0 Å². The maximum Gasteiger partial charge on any atom is 0.0341 e. The molecule has 0 aromatic rings. The molecule has 1 unspecified atom stereocenters. The van der Waals surface area contributed by atoms with Crippen LogP contribution >= 0.6 is 9.24 Å². The fourth-order valence-corrected chi connectivity index (χ4v) is 0. The number of hydrogen-bond acceptors (Lipinski definition) is 0. The molecular formula is C3H9P. The van der Waals surface area contributed by atoms with Crippen LogP contribution in [-0.4, -0.2) is 5.64 Å². The first-order valence-electron chi connectivity index (χ1n) is 4.29. The van der Waals surface area contributed by atoms with Crippen LogP contribution in [0.25, 0.3) is 0 Å². The molecule has 0 heterocycles. The molecule has 1 atom stereocenters. The molecule has 0 nitrogen and oxygen atoms in total. The zero-order valence-electron chi connectivity index (χ0n) is 9.08. The van der Waals surface area contributed by atoms with Crippen LogP contribution < -0.4 is 0 Å². The van der Waals surface area contributed by atoms with Gasteiger partial charge in [-0.15, -0.1) is 9.24 Å². The van der Waals surface area contributed by atoms with Gasteiger partial charge in [-0.3, -0.25) is 0 Å². The van der Waals surface area contributed by atoms with Crippen molar-refractivity contribution in [2.45, 2.75) is 19.3 Å². The molecule has 0 saturated carbocycles. The Morgan fingerprint density at radius 2 is 2.75 bits per heavy atom. The van der Waals surface area contributed by atoms with Crippen LogP contribution in [0.5, 0.6) is 0 Å². The first kappa shape index (κ1) is 0.479. The van der Waals surface area contributed by atoms with Gasteiger partial charge in [0.25, 0.3) is 0 Å². The van der Waals surface area contributed by atoms with E-state index in [2.05, 4.69) is 0 Å². The molecule has 0 bridgehead atoms. The summed E-state index contributed by atoms with van der Waals surface area (Å²) in [7, 11) is 1.55. The summed E-state index contributed by atoms with van der Waals surface area (Å²) in [6, 6.07) is 0. The Labute approximate surface area is 39.6 Å². The molecule has 0 spiro atoms. The molecule has 1 heteroatoms. The highest BCUT2D eigenvalue weighted by Gasteiger charge is 1.68. The molecule has 0 aliphatic rings. The van der Waals surface area contributed by atoms with Gasteiger partial charge in [0.05, 0.1) is 0 Å². The monoisotopic (exact) mass is 83.1 g/mol. The quantitative estimate of drug-likeness (QED) is 0.387. The molecule has 0 amide bonds. The van der Waals surface area contributed by atoms with Crippen LogP contribution in [0.2, 0.25) is 0 Å². The van der Waals surface area contributed by atoms with Crippen LogP contribution in [0, 0.1) is 0 Å². The zero-order chi connectivity index (χ0) is 9.50. The molecule has 0 aliphatic carbocycles. The minimum absolute atomic E-state index is 1.55. The summed E-state index contributed by atoms with van der Waals surface area (Å²) in [4.78, 5) is 0. The first-order valence-corrected chi connectivity index (χ1v) is 1.37. The Morgan fingerprint density at radius 3 is 2.75 bits per heavy atom. The predicted molar refractivity (Wildman–Crippen MR) is 24.8 cm³/mol.